The Hall–Kier alpha value is -3.06. The van der Waals surface area contributed by atoms with Gasteiger partial charge < -0.3 is 0 Å². The fourth-order valence-electron chi connectivity index (χ4n) is 2.72. The zero-order chi connectivity index (χ0) is 17.4. The maximum Gasteiger partial charge on any atom is 0.257 e. The molecule has 2 heterocycles. The number of imide groups is 1. The third-order valence-electron chi connectivity index (χ3n) is 3.95. The van der Waals surface area contributed by atoms with Gasteiger partial charge in [0, 0.05) is 18.4 Å². The van der Waals surface area contributed by atoms with Crippen molar-refractivity contribution in [2.45, 2.75) is 12.8 Å². The van der Waals surface area contributed by atoms with Crippen LogP contribution in [0.3, 0.4) is 0 Å². The maximum atomic E-state index is 12.4. The Morgan fingerprint density at radius 2 is 1.68 bits per heavy atom. The van der Waals surface area contributed by atoms with Crippen LogP contribution in [0, 0.1) is 0 Å². The minimum absolute atomic E-state index is 0.211. The van der Waals surface area contributed by atoms with E-state index in [2.05, 4.69) is 10.3 Å². The summed E-state index contributed by atoms with van der Waals surface area (Å²) in [6, 6.07) is 14.1. The Balaban J connectivity index is 1.52. The van der Waals surface area contributed by atoms with Crippen molar-refractivity contribution < 1.29 is 14.4 Å². The Kier molecular flexibility index (Phi) is 3.77. The van der Waals surface area contributed by atoms with Crippen LogP contribution >= 0.6 is 11.3 Å². The van der Waals surface area contributed by atoms with E-state index in [-0.39, 0.29) is 30.6 Å². The molecule has 0 spiro atoms. The zero-order valence-electron chi connectivity index (χ0n) is 13.1. The lowest BCUT2D eigenvalue weighted by atomic mass is 10.2. The van der Waals surface area contributed by atoms with E-state index in [1.165, 1.54) is 11.3 Å². The van der Waals surface area contributed by atoms with Crippen LogP contribution in [-0.4, -0.2) is 22.7 Å². The second kappa shape index (κ2) is 6.10. The van der Waals surface area contributed by atoms with Crippen LogP contribution in [0.1, 0.15) is 23.2 Å². The SMILES string of the molecule is O=C(Nc1nc2ccccc2s1)c1ccc(N2C(=O)CCC2=O)cc1. The molecule has 1 aliphatic rings. The van der Waals surface area contributed by atoms with Crippen molar-refractivity contribution in [2.24, 2.45) is 0 Å². The monoisotopic (exact) mass is 351 g/mol. The molecule has 4 rings (SSSR count). The number of hydrogen-bond acceptors (Lipinski definition) is 5. The number of benzene rings is 2. The first-order chi connectivity index (χ1) is 12.1. The summed E-state index contributed by atoms with van der Waals surface area (Å²) < 4.78 is 0.999. The minimum Gasteiger partial charge on any atom is -0.298 e. The first kappa shape index (κ1) is 15.5. The molecule has 25 heavy (non-hydrogen) atoms. The second-order valence-electron chi connectivity index (χ2n) is 5.61. The van der Waals surface area contributed by atoms with Crippen molar-refractivity contribution >= 4 is 50.1 Å². The van der Waals surface area contributed by atoms with Crippen molar-refractivity contribution in [3.8, 4) is 0 Å². The molecule has 0 bridgehead atoms. The molecule has 3 amide bonds. The summed E-state index contributed by atoms with van der Waals surface area (Å²) in [6.07, 6.45) is 0.470. The average molecular weight is 351 g/mol. The molecule has 0 atom stereocenters. The Morgan fingerprint density at radius 3 is 2.36 bits per heavy atom. The first-order valence-corrected chi connectivity index (χ1v) is 8.56. The predicted octanol–water partition coefficient (Wildman–Crippen LogP) is 3.20. The number of nitrogens with zero attached hydrogens (tertiary/aromatic N) is 2. The van der Waals surface area contributed by atoms with Gasteiger partial charge in [0.1, 0.15) is 0 Å². The number of nitrogens with one attached hydrogen (secondary N) is 1. The summed E-state index contributed by atoms with van der Waals surface area (Å²) in [5, 5.41) is 3.30. The van der Waals surface area contributed by atoms with E-state index in [1.807, 2.05) is 24.3 Å². The van der Waals surface area contributed by atoms with Crippen molar-refractivity contribution in [2.75, 3.05) is 10.2 Å². The number of para-hydroxylation sites is 1. The number of rotatable bonds is 3. The molecule has 1 saturated heterocycles. The molecule has 124 valence electrons. The van der Waals surface area contributed by atoms with E-state index < -0.39 is 0 Å². The lowest BCUT2D eigenvalue weighted by molar-refractivity contribution is -0.121. The largest absolute Gasteiger partial charge is 0.298 e. The molecule has 0 radical (unpaired) electrons. The molecule has 1 fully saturated rings. The highest BCUT2D eigenvalue weighted by Gasteiger charge is 2.30. The quantitative estimate of drug-likeness (QED) is 0.735. The molecule has 0 aliphatic carbocycles. The number of carbonyl (C=O) groups is 3. The molecule has 3 aromatic rings. The van der Waals surface area contributed by atoms with Gasteiger partial charge in [0.15, 0.2) is 5.13 Å². The van der Waals surface area contributed by atoms with Crippen LogP contribution in [0.5, 0.6) is 0 Å². The molecule has 1 aliphatic heterocycles. The van der Waals surface area contributed by atoms with Crippen molar-refractivity contribution in [1.29, 1.82) is 0 Å². The molecule has 1 N–H and O–H groups in total. The van der Waals surface area contributed by atoms with Gasteiger partial charge in [-0.1, -0.05) is 23.5 Å². The van der Waals surface area contributed by atoms with Gasteiger partial charge in [0.25, 0.3) is 5.91 Å². The fourth-order valence-corrected chi connectivity index (χ4v) is 3.58. The third kappa shape index (κ3) is 2.89. The lowest BCUT2D eigenvalue weighted by Gasteiger charge is -2.13. The summed E-state index contributed by atoms with van der Waals surface area (Å²) in [6.45, 7) is 0. The van der Waals surface area contributed by atoms with E-state index >= 15 is 0 Å². The minimum atomic E-state index is -0.287. The highest BCUT2D eigenvalue weighted by atomic mass is 32.1. The molecule has 1 aromatic heterocycles. The number of amides is 3. The number of fused-ring (bicyclic) bond motifs is 1. The van der Waals surface area contributed by atoms with Gasteiger partial charge in [-0.2, -0.15) is 0 Å². The molecule has 6 nitrogen and oxygen atoms in total. The van der Waals surface area contributed by atoms with Gasteiger partial charge in [-0.25, -0.2) is 4.98 Å². The summed E-state index contributed by atoms with van der Waals surface area (Å²) in [7, 11) is 0. The molecule has 7 heteroatoms. The second-order valence-corrected chi connectivity index (χ2v) is 6.64. The van der Waals surface area contributed by atoms with E-state index in [1.54, 1.807) is 24.3 Å². The first-order valence-electron chi connectivity index (χ1n) is 7.74. The number of thiazole rings is 1. The van der Waals surface area contributed by atoms with E-state index in [0.29, 0.717) is 16.4 Å². The molecule has 2 aromatic carbocycles. The Morgan fingerprint density at radius 1 is 1.00 bits per heavy atom. The maximum absolute atomic E-state index is 12.4. The standard InChI is InChI=1S/C18H13N3O3S/c22-15-9-10-16(23)21(15)12-7-5-11(6-8-12)17(24)20-18-19-13-3-1-2-4-14(13)25-18/h1-8H,9-10H2,(H,19,20,24). The van der Waals surface area contributed by atoms with Crippen molar-refractivity contribution in [1.82, 2.24) is 4.98 Å². The summed E-state index contributed by atoms with van der Waals surface area (Å²) >= 11 is 1.40. The lowest BCUT2D eigenvalue weighted by Crippen LogP contribution is -2.28. The van der Waals surface area contributed by atoms with E-state index in [9.17, 15) is 14.4 Å². The highest BCUT2D eigenvalue weighted by molar-refractivity contribution is 7.22. The fraction of sp³-hybridized carbons (Fsp3) is 0.111. The van der Waals surface area contributed by atoms with Crippen molar-refractivity contribution in [3.63, 3.8) is 0 Å². The molecule has 0 saturated carbocycles. The Bertz CT molecular complexity index is 945. The number of anilines is 2. The van der Waals surface area contributed by atoms with Crippen LogP contribution < -0.4 is 10.2 Å². The van der Waals surface area contributed by atoms with Gasteiger partial charge in [0.05, 0.1) is 15.9 Å². The zero-order valence-corrected chi connectivity index (χ0v) is 13.9. The summed E-state index contributed by atoms with van der Waals surface area (Å²) in [5.74, 6) is -0.710. The molecular weight excluding hydrogens is 338 g/mol. The third-order valence-corrected chi connectivity index (χ3v) is 4.91. The highest BCUT2D eigenvalue weighted by Crippen LogP contribution is 2.26. The summed E-state index contributed by atoms with van der Waals surface area (Å²) in [4.78, 5) is 41.4. The molecule has 0 unspecified atom stereocenters. The number of aromatic nitrogens is 1. The van der Waals surface area contributed by atoms with Crippen LogP contribution in [-0.2, 0) is 9.59 Å². The van der Waals surface area contributed by atoms with Crippen LogP contribution in [0.4, 0.5) is 10.8 Å². The topological polar surface area (TPSA) is 79.4 Å². The van der Waals surface area contributed by atoms with Gasteiger partial charge >= 0.3 is 0 Å². The van der Waals surface area contributed by atoms with E-state index in [4.69, 9.17) is 0 Å². The number of hydrogen-bond donors (Lipinski definition) is 1. The van der Waals surface area contributed by atoms with Crippen LogP contribution in [0.2, 0.25) is 0 Å². The van der Waals surface area contributed by atoms with Gasteiger partial charge in [-0.15, -0.1) is 0 Å². The van der Waals surface area contributed by atoms with Crippen LogP contribution in [0.15, 0.2) is 48.5 Å². The smallest absolute Gasteiger partial charge is 0.257 e. The van der Waals surface area contributed by atoms with Crippen molar-refractivity contribution in [3.05, 3.63) is 54.1 Å². The van der Waals surface area contributed by atoms with Gasteiger partial charge in [-0.3, -0.25) is 24.6 Å². The number of carbonyl (C=O) groups excluding carboxylic acids is 3. The van der Waals surface area contributed by atoms with E-state index in [0.717, 1.165) is 15.1 Å². The average Bonchev–Trinajstić information content (AvgIpc) is 3.17. The van der Waals surface area contributed by atoms with Crippen LogP contribution in [0.25, 0.3) is 10.2 Å². The van der Waals surface area contributed by atoms with Gasteiger partial charge in [0.2, 0.25) is 11.8 Å². The molecular formula is C18H13N3O3S. The van der Waals surface area contributed by atoms with Gasteiger partial charge in [-0.05, 0) is 36.4 Å². The predicted molar refractivity (Wildman–Crippen MR) is 95.7 cm³/mol. The summed E-state index contributed by atoms with van der Waals surface area (Å²) in [5.41, 5.74) is 1.76. The Labute approximate surface area is 147 Å². The normalized spacial score (nSPS) is 14.3.